The van der Waals surface area contributed by atoms with Gasteiger partial charge in [0, 0.05) is 30.1 Å². The molecule has 128 valence electrons. The predicted molar refractivity (Wildman–Crippen MR) is 85.6 cm³/mol. The Bertz CT molecular complexity index is 907. The predicted octanol–water partition coefficient (Wildman–Crippen LogP) is 3.47. The topological polar surface area (TPSA) is 81.2 Å². The van der Waals surface area contributed by atoms with Crippen molar-refractivity contribution >= 4 is 5.69 Å². The number of non-ortho nitro benzene ring substituents is 1. The van der Waals surface area contributed by atoms with Crippen LogP contribution in [0.3, 0.4) is 0 Å². The minimum Gasteiger partial charge on any atom is -0.386 e. The smallest absolute Gasteiger partial charge is 0.270 e. The van der Waals surface area contributed by atoms with E-state index in [2.05, 4.69) is 4.98 Å². The molecule has 1 N–H and O–H groups in total. The van der Waals surface area contributed by atoms with Crippen LogP contribution in [-0.2, 0) is 6.54 Å². The molecule has 6 nitrogen and oxygen atoms in total. The summed E-state index contributed by atoms with van der Waals surface area (Å²) in [5.74, 6) is -1.34. The number of hydrogen-bond acceptors (Lipinski definition) is 4. The Morgan fingerprint density at radius 2 is 1.88 bits per heavy atom. The maximum absolute atomic E-state index is 13.8. The molecule has 0 spiro atoms. The number of rotatable bonds is 5. The number of imidazole rings is 1. The van der Waals surface area contributed by atoms with Crippen LogP contribution in [0.2, 0.25) is 0 Å². The number of hydrogen-bond donors (Lipinski definition) is 1. The van der Waals surface area contributed by atoms with Crippen molar-refractivity contribution in [3.8, 4) is 11.4 Å². The molecule has 1 heterocycles. The first-order valence-corrected chi connectivity index (χ1v) is 7.35. The van der Waals surface area contributed by atoms with Gasteiger partial charge in [-0.15, -0.1) is 0 Å². The first-order valence-electron chi connectivity index (χ1n) is 7.35. The lowest BCUT2D eigenvalue weighted by atomic mass is 10.1. The third-order valence-corrected chi connectivity index (χ3v) is 3.73. The van der Waals surface area contributed by atoms with Crippen molar-refractivity contribution < 1.29 is 18.8 Å². The quantitative estimate of drug-likeness (QED) is 0.567. The largest absolute Gasteiger partial charge is 0.386 e. The van der Waals surface area contributed by atoms with Crippen LogP contribution in [-0.4, -0.2) is 19.6 Å². The summed E-state index contributed by atoms with van der Waals surface area (Å²) in [5.41, 5.74) is -0.0747. The monoisotopic (exact) mass is 345 g/mol. The van der Waals surface area contributed by atoms with Crippen LogP contribution in [0.1, 0.15) is 11.7 Å². The number of halogens is 2. The number of nitro benzene ring substituents is 1. The van der Waals surface area contributed by atoms with E-state index in [1.165, 1.54) is 41.2 Å². The van der Waals surface area contributed by atoms with Crippen LogP contribution in [0.25, 0.3) is 11.4 Å². The molecule has 25 heavy (non-hydrogen) atoms. The van der Waals surface area contributed by atoms with E-state index in [1.807, 2.05) is 0 Å². The van der Waals surface area contributed by atoms with Gasteiger partial charge in [0.1, 0.15) is 23.6 Å². The summed E-state index contributed by atoms with van der Waals surface area (Å²) in [6, 6.07) is 9.18. The third kappa shape index (κ3) is 3.38. The highest BCUT2D eigenvalue weighted by molar-refractivity contribution is 5.59. The van der Waals surface area contributed by atoms with Gasteiger partial charge in [-0.25, -0.2) is 13.8 Å². The van der Waals surface area contributed by atoms with Crippen molar-refractivity contribution in [1.29, 1.82) is 0 Å². The highest BCUT2D eigenvalue weighted by Crippen LogP contribution is 2.26. The second kappa shape index (κ2) is 6.78. The fraction of sp³-hybridized carbons (Fsp3) is 0.118. The molecule has 0 radical (unpaired) electrons. The maximum atomic E-state index is 13.8. The summed E-state index contributed by atoms with van der Waals surface area (Å²) in [6.07, 6.45) is 1.53. The highest BCUT2D eigenvalue weighted by atomic mass is 19.1. The maximum Gasteiger partial charge on any atom is 0.270 e. The van der Waals surface area contributed by atoms with Gasteiger partial charge >= 0.3 is 0 Å². The zero-order chi connectivity index (χ0) is 18.0. The van der Waals surface area contributed by atoms with Gasteiger partial charge in [0.2, 0.25) is 0 Å². The Kier molecular flexibility index (Phi) is 4.53. The van der Waals surface area contributed by atoms with Gasteiger partial charge in [-0.05, 0) is 12.1 Å². The first-order chi connectivity index (χ1) is 12.0. The van der Waals surface area contributed by atoms with Gasteiger partial charge in [-0.2, -0.15) is 0 Å². The number of nitro groups is 1. The molecule has 1 atom stereocenters. The Morgan fingerprint density at radius 1 is 1.20 bits per heavy atom. The Hall–Kier alpha value is -3.13. The van der Waals surface area contributed by atoms with Crippen LogP contribution in [0.15, 0.2) is 54.9 Å². The Balaban J connectivity index is 1.92. The van der Waals surface area contributed by atoms with Crippen molar-refractivity contribution in [2.75, 3.05) is 0 Å². The van der Waals surface area contributed by atoms with Gasteiger partial charge in [0.25, 0.3) is 5.69 Å². The van der Waals surface area contributed by atoms with E-state index in [-0.39, 0.29) is 12.2 Å². The molecule has 0 aliphatic carbocycles. The molecular formula is C17H13F2N3O3. The molecule has 0 amide bonds. The molecule has 0 aliphatic heterocycles. The number of nitrogens with zero attached hydrogens (tertiary/aromatic N) is 3. The second-order valence-corrected chi connectivity index (χ2v) is 5.36. The first kappa shape index (κ1) is 16.7. The van der Waals surface area contributed by atoms with Crippen molar-refractivity contribution in [3.05, 3.63) is 82.2 Å². The van der Waals surface area contributed by atoms with E-state index in [4.69, 9.17) is 0 Å². The van der Waals surface area contributed by atoms with Gasteiger partial charge in [-0.1, -0.05) is 18.2 Å². The average molecular weight is 345 g/mol. The minimum absolute atomic E-state index is 0.104. The lowest BCUT2D eigenvalue weighted by Crippen LogP contribution is -2.12. The molecule has 1 aromatic heterocycles. The van der Waals surface area contributed by atoms with E-state index in [0.29, 0.717) is 11.4 Å². The number of aliphatic hydroxyl groups is 1. The molecule has 8 heteroatoms. The molecule has 0 saturated heterocycles. The van der Waals surface area contributed by atoms with Gasteiger partial charge in [0.15, 0.2) is 0 Å². The van der Waals surface area contributed by atoms with Gasteiger partial charge in [-0.3, -0.25) is 10.1 Å². The van der Waals surface area contributed by atoms with Crippen LogP contribution in [0.5, 0.6) is 0 Å². The molecule has 0 bridgehead atoms. The molecule has 0 saturated carbocycles. The lowest BCUT2D eigenvalue weighted by molar-refractivity contribution is -0.384. The molecule has 0 unspecified atom stereocenters. The fourth-order valence-electron chi connectivity index (χ4n) is 2.58. The summed E-state index contributed by atoms with van der Waals surface area (Å²) >= 11 is 0. The van der Waals surface area contributed by atoms with Gasteiger partial charge in [0.05, 0.1) is 17.0 Å². The van der Waals surface area contributed by atoms with E-state index < -0.39 is 28.2 Å². The Morgan fingerprint density at radius 3 is 2.56 bits per heavy atom. The third-order valence-electron chi connectivity index (χ3n) is 3.73. The van der Waals surface area contributed by atoms with Crippen LogP contribution < -0.4 is 0 Å². The van der Waals surface area contributed by atoms with E-state index >= 15 is 0 Å². The second-order valence-electron chi connectivity index (χ2n) is 5.36. The number of aromatic nitrogens is 2. The molecule has 3 aromatic rings. The van der Waals surface area contributed by atoms with Crippen LogP contribution in [0.4, 0.5) is 14.5 Å². The van der Waals surface area contributed by atoms with Crippen molar-refractivity contribution in [3.63, 3.8) is 0 Å². The summed E-state index contributed by atoms with van der Waals surface area (Å²) in [7, 11) is 0. The minimum atomic E-state index is -1.44. The van der Waals surface area contributed by atoms with Crippen molar-refractivity contribution in [1.82, 2.24) is 9.55 Å². The zero-order valence-electron chi connectivity index (χ0n) is 12.8. The number of aliphatic hydroxyl groups excluding tert-OH is 1. The molecule has 0 aliphatic rings. The van der Waals surface area contributed by atoms with E-state index in [1.54, 1.807) is 6.07 Å². The zero-order valence-corrected chi connectivity index (χ0v) is 12.8. The SMILES string of the molecule is O=[N+]([O-])c1cccc(-c2nccn2C[C@@H](O)c2c(F)cccc2F)c1. The number of benzene rings is 2. The molecule has 2 aromatic carbocycles. The molecule has 3 rings (SSSR count). The van der Waals surface area contributed by atoms with Crippen molar-refractivity contribution in [2.24, 2.45) is 0 Å². The van der Waals surface area contributed by atoms with Crippen LogP contribution in [0, 0.1) is 21.7 Å². The molecule has 0 fully saturated rings. The normalized spacial score (nSPS) is 12.1. The van der Waals surface area contributed by atoms with E-state index in [0.717, 1.165) is 12.1 Å². The van der Waals surface area contributed by atoms with Crippen LogP contribution >= 0.6 is 0 Å². The van der Waals surface area contributed by atoms with E-state index in [9.17, 15) is 24.0 Å². The van der Waals surface area contributed by atoms with Gasteiger partial charge < -0.3 is 9.67 Å². The Labute approximate surface area is 141 Å². The standard InChI is InChI=1S/C17H13F2N3O3/c18-13-5-2-6-14(19)16(13)15(23)10-21-8-7-20-17(21)11-3-1-4-12(9-11)22(24)25/h1-9,15,23H,10H2/t15-/m1/s1. The lowest BCUT2D eigenvalue weighted by Gasteiger charge is -2.15. The summed E-state index contributed by atoms with van der Waals surface area (Å²) in [5, 5.41) is 21.1. The average Bonchev–Trinajstić information content (AvgIpc) is 3.03. The summed E-state index contributed by atoms with van der Waals surface area (Å²) in [4.78, 5) is 14.5. The molecular weight excluding hydrogens is 332 g/mol. The summed E-state index contributed by atoms with van der Waals surface area (Å²) in [6.45, 7) is -0.157. The highest BCUT2D eigenvalue weighted by Gasteiger charge is 2.20. The van der Waals surface area contributed by atoms with Crippen molar-refractivity contribution in [2.45, 2.75) is 12.6 Å². The summed E-state index contributed by atoms with van der Waals surface area (Å²) < 4.78 is 29.1. The fourth-order valence-corrected chi connectivity index (χ4v) is 2.58.